The predicted molar refractivity (Wildman–Crippen MR) is 86.0 cm³/mol. The zero-order valence-corrected chi connectivity index (χ0v) is 12.6. The number of anilines is 2. The first-order valence-electron chi connectivity index (χ1n) is 6.36. The van der Waals surface area contributed by atoms with Gasteiger partial charge in [0.1, 0.15) is 5.75 Å². The third kappa shape index (κ3) is 3.09. The summed E-state index contributed by atoms with van der Waals surface area (Å²) in [6, 6.07) is 11.3. The van der Waals surface area contributed by atoms with Gasteiger partial charge in [-0.2, -0.15) is 0 Å². The molecule has 6 heteroatoms. The van der Waals surface area contributed by atoms with Crippen molar-refractivity contribution in [3.63, 3.8) is 0 Å². The van der Waals surface area contributed by atoms with Crippen LogP contribution in [-0.2, 0) is 10.5 Å². The Kier molecular flexibility index (Phi) is 3.94. The quantitative estimate of drug-likeness (QED) is 0.670. The molecule has 21 heavy (non-hydrogen) atoms. The third-order valence-electron chi connectivity index (χ3n) is 3.09. The SMILES string of the molecule is Nc1cc2c(cc1SCc1ccccc1Cl)NC(=O)CO2. The van der Waals surface area contributed by atoms with Gasteiger partial charge in [0.05, 0.1) is 5.69 Å². The molecule has 0 aliphatic carbocycles. The summed E-state index contributed by atoms with van der Waals surface area (Å²) in [7, 11) is 0. The number of nitrogens with two attached hydrogens (primary N) is 1. The molecule has 0 unspecified atom stereocenters. The molecule has 1 aliphatic rings. The number of benzene rings is 2. The molecule has 3 N–H and O–H groups in total. The lowest BCUT2D eigenvalue weighted by atomic mass is 10.2. The molecule has 1 aliphatic heterocycles. The Labute approximate surface area is 131 Å². The molecule has 0 atom stereocenters. The van der Waals surface area contributed by atoms with Crippen molar-refractivity contribution in [2.75, 3.05) is 17.7 Å². The fourth-order valence-electron chi connectivity index (χ4n) is 2.02. The van der Waals surface area contributed by atoms with Crippen LogP contribution in [-0.4, -0.2) is 12.5 Å². The Morgan fingerprint density at radius 1 is 1.33 bits per heavy atom. The lowest BCUT2D eigenvalue weighted by molar-refractivity contribution is -0.118. The average molecular weight is 321 g/mol. The number of halogens is 1. The Hall–Kier alpha value is -1.85. The molecule has 1 amide bonds. The molecule has 0 fully saturated rings. The van der Waals surface area contributed by atoms with Crippen LogP contribution in [0.4, 0.5) is 11.4 Å². The van der Waals surface area contributed by atoms with Crippen LogP contribution in [0.2, 0.25) is 5.02 Å². The Bertz CT molecular complexity index is 706. The standard InChI is InChI=1S/C15H13ClN2O2S/c16-10-4-2-1-3-9(10)8-21-14-6-12-13(5-11(14)17)20-7-15(19)18-12/h1-6H,7-8,17H2,(H,18,19). The molecule has 0 saturated carbocycles. The summed E-state index contributed by atoms with van der Waals surface area (Å²) in [5, 5.41) is 3.51. The normalized spacial score (nSPS) is 13.3. The van der Waals surface area contributed by atoms with Crippen LogP contribution < -0.4 is 15.8 Å². The van der Waals surface area contributed by atoms with Gasteiger partial charge in [0.25, 0.3) is 5.91 Å². The second-order valence-corrected chi connectivity index (χ2v) is 6.03. The van der Waals surface area contributed by atoms with Crippen molar-refractivity contribution >= 4 is 40.6 Å². The molecule has 0 radical (unpaired) electrons. The minimum absolute atomic E-state index is 0.0263. The van der Waals surface area contributed by atoms with Gasteiger partial charge in [-0.1, -0.05) is 29.8 Å². The van der Waals surface area contributed by atoms with Crippen molar-refractivity contribution < 1.29 is 9.53 Å². The van der Waals surface area contributed by atoms with E-state index in [9.17, 15) is 4.79 Å². The van der Waals surface area contributed by atoms with Crippen LogP contribution in [0, 0.1) is 0 Å². The minimum Gasteiger partial charge on any atom is -0.482 e. The molecular formula is C15H13ClN2O2S. The number of fused-ring (bicyclic) bond motifs is 1. The fourth-order valence-corrected chi connectivity index (χ4v) is 3.29. The van der Waals surface area contributed by atoms with E-state index >= 15 is 0 Å². The summed E-state index contributed by atoms with van der Waals surface area (Å²) in [5.41, 5.74) is 8.36. The highest BCUT2D eigenvalue weighted by atomic mass is 35.5. The van der Waals surface area contributed by atoms with Gasteiger partial charge in [0, 0.05) is 27.4 Å². The molecule has 0 bridgehead atoms. The summed E-state index contributed by atoms with van der Waals surface area (Å²) in [5.74, 6) is 1.15. The number of nitrogens with one attached hydrogen (secondary N) is 1. The van der Waals surface area contributed by atoms with Crippen molar-refractivity contribution in [1.29, 1.82) is 0 Å². The van der Waals surface area contributed by atoms with Gasteiger partial charge in [-0.25, -0.2) is 0 Å². The number of carbonyl (C=O) groups is 1. The van der Waals surface area contributed by atoms with Crippen LogP contribution in [0.25, 0.3) is 0 Å². The van der Waals surface area contributed by atoms with E-state index < -0.39 is 0 Å². The lowest BCUT2D eigenvalue weighted by Gasteiger charge is -2.19. The minimum atomic E-state index is -0.158. The Morgan fingerprint density at radius 3 is 2.95 bits per heavy atom. The van der Waals surface area contributed by atoms with Gasteiger partial charge in [-0.3, -0.25) is 4.79 Å². The number of hydrogen-bond acceptors (Lipinski definition) is 4. The number of nitrogen functional groups attached to an aromatic ring is 1. The Morgan fingerprint density at radius 2 is 2.14 bits per heavy atom. The molecular weight excluding hydrogens is 308 g/mol. The first-order chi connectivity index (χ1) is 10.1. The van der Waals surface area contributed by atoms with E-state index in [-0.39, 0.29) is 12.5 Å². The predicted octanol–water partition coefficient (Wildman–Crippen LogP) is 3.55. The first-order valence-corrected chi connectivity index (χ1v) is 7.72. The van der Waals surface area contributed by atoms with Crippen LogP contribution >= 0.6 is 23.4 Å². The van der Waals surface area contributed by atoms with E-state index in [0.717, 1.165) is 15.5 Å². The van der Waals surface area contributed by atoms with Gasteiger partial charge in [-0.15, -0.1) is 11.8 Å². The molecule has 2 aromatic rings. The highest BCUT2D eigenvalue weighted by Gasteiger charge is 2.18. The number of amides is 1. The topological polar surface area (TPSA) is 64.3 Å². The number of hydrogen-bond donors (Lipinski definition) is 2. The highest BCUT2D eigenvalue weighted by Crippen LogP contribution is 2.38. The van der Waals surface area contributed by atoms with Gasteiger partial charge < -0.3 is 15.8 Å². The average Bonchev–Trinajstić information content (AvgIpc) is 2.47. The van der Waals surface area contributed by atoms with Crippen LogP contribution in [0.3, 0.4) is 0 Å². The van der Waals surface area contributed by atoms with Crippen LogP contribution in [0.5, 0.6) is 5.75 Å². The van der Waals surface area contributed by atoms with E-state index in [0.29, 0.717) is 22.9 Å². The number of carbonyl (C=O) groups excluding carboxylic acids is 1. The summed E-state index contributed by atoms with van der Waals surface area (Å²) < 4.78 is 5.33. The summed E-state index contributed by atoms with van der Waals surface area (Å²) in [4.78, 5) is 12.2. The molecule has 0 spiro atoms. The van der Waals surface area contributed by atoms with E-state index in [1.807, 2.05) is 30.3 Å². The molecule has 2 aromatic carbocycles. The van der Waals surface area contributed by atoms with E-state index in [1.54, 1.807) is 17.8 Å². The first kappa shape index (κ1) is 14.1. The Balaban J connectivity index is 1.81. The van der Waals surface area contributed by atoms with Crippen molar-refractivity contribution in [3.05, 3.63) is 47.0 Å². The molecule has 0 saturated heterocycles. The highest BCUT2D eigenvalue weighted by molar-refractivity contribution is 7.98. The van der Waals surface area contributed by atoms with Gasteiger partial charge >= 0.3 is 0 Å². The number of ether oxygens (including phenoxy) is 1. The maximum atomic E-state index is 11.4. The van der Waals surface area contributed by atoms with Gasteiger partial charge in [0.2, 0.25) is 0 Å². The largest absolute Gasteiger partial charge is 0.482 e. The molecule has 0 aromatic heterocycles. The fraction of sp³-hybridized carbons (Fsp3) is 0.133. The van der Waals surface area contributed by atoms with Crippen molar-refractivity contribution in [1.82, 2.24) is 0 Å². The molecule has 1 heterocycles. The summed E-state index contributed by atoms with van der Waals surface area (Å²) in [6.07, 6.45) is 0. The van der Waals surface area contributed by atoms with Crippen molar-refractivity contribution in [2.45, 2.75) is 10.6 Å². The maximum Gasteiger partial charge on any atom is 0.262 e. The number of rotatable bonds is 3. The van der Waals surface area contributed by atoms with Crippen molar-refractivity contribution in [3.8, 4) is 5.75 Å². The zero-order valence-electron chi connectivity index (χ0n) is 11.1. The maximum absolute atomic E-state index is 11.4. The van der Waals surface area contributed by atoms with Crippen molar-refractivity contribution in [2.24, 2.45) is 0 Å². The van der Waals surface area contributed by atoms with Gasteiger partial charge in [0.15, 0.2) is 6.61 Å². The smallest absolute Gasteiger partial charge is 0.262 e. The summed E-state index contributed by atoms with van der Waals surface area (Å²) >= 11 is 7.72. The van der Waals surface area contributed by atoms with Crippen LogP contribution in [0.15, 0.2) is 41.3 Å². The van der Waals surface area contributed by atoms with E-state index in [1.165, 1.54) is 0 Å². The molecule has 108 valence electrons. The van der Waals surface area contributed by atoms with E-state index in [4.69, 9.17) is 22.1 Å². The monoisotopic (exact) mass is 320 g/mol. The second-order valence-electron chi connectivity index (χ2n) is 4.60. The molecule has 3 rings (SSSR count). The van der Waals surface area contributed by atoms with Crippen LogP contribution in [0.1, 0.15) is 5.56 Å². The summed E-state index contributed by atoms with van der Waals surface area (Å²) in [6.45, 7) is 0.0263. The van der Waals surface area contributed by atoms with Gasteiger partial charge in [-0.05, 0) is 17.7 Å². The lowest BCUT2D eigenvalue weighted by Crippen LogP contribution is -2.25. The second kappa shape index (κ2) is 5.87. The zero-order chi connectivity index (χ0) is 14.8. The third-order valence-corrected chi connectivity index (χ3v) is 4.57. The number of thioether (sulfide) groups is 1. The molecule has 4 nitrogen and oxygen atoms in total. The van der Waals surface area contributed by atoms with E-state index in [2.05, 4.69) is 5.32 Å².